The van der Waals surface area contributed by atoms with Crippen molar-refractivity contribution < 1.29 is 24.5 Å². The predicted molar refractivity (Wildman–Crippen MR) is 126 cm³/mol. The van der Waals surface area contributed by atoms with Crippen LogP contribution in [0.1, 0.15) is 91.9 Å². The van der Waals surface area contributed by atoms with Crippen molar-refractivity contribution in [3.63, 3.8) is 0 Å². The van der Waals surface area contributed by atoms with Gasteiger partial charge in [-0.2, -0.15) is 0 Å². The number of nitrogens with one attached hydrogen (secondary N) is 1. The Hall–Kier alpha value is -0.730. The molecule has 32 heavy (non-hydrogen) atoms. The molecule has 188 valence electrons. The first-order valence-electron chi connectivity index (χ1n) is 13.0. The second-order valence-electron chi connectivity index (χ2n) is 9.93. The molecule has 2 heterocycles. The van der Waals surface area contributed by atoms with Crippen LogP contribution in [-0.4, -0.2) is 59.4 Å². The maximum atomic E-state index is 12.6. The van der Waals surface area contributed by atoms with Crippen LogP contribution in [0.3, 0.4) is 0 Å². The zero-order chi connectivity index (χ0) is 23.7. The second-order valence-corrected chi connectivity index (χ2v) is 9.93. The summed E-state index contributed by atoms with van der Waals surface area (Å²) in [5.41, 5.74) is 6.03. The maximum Gasteiger partial charge on any atom is 0.223 e. The van der Waals surface area contributed by atoms with Crippen molar-refractivity contribution in [2.75, 3.05) is 6.54 Å². The Bertz CT molecular complexity index is 548. The summed E-state index contributed by atoms with van der Waals surface area (Å²) >= 11 is 0. The van der Waals surface area contributed by atoms with Crippen LogP contribution in [-0.2, 0) is 14.3 Å². The third-order valence-electron chi connectivity index (χ3n) is 7.77. The molecule has 0 aromatic heterocycles. The van der Waals surface area contributed by atoms with Crippen molar-refractivity contribution in [1.82, 2.24) is 5.32 Å². The molecule has 0 spiro atoms. The van der Waals surface area contributed by atoms with Gasteiger partial charge < -0.3 is 30.7 Å². The smallest absolute Gasteiger partial charge is 0.223 e. The van der Waals surface area contributed by atoms with E-state index in [1.807, 2.05) is 0 Å². The van der Waals surface area contributed by atoms with Crippen molar-refractivity contribution in [2.45, 2.75) is 129 Å². The number of nitrogens with two attached hydrogens (primary N) is 1. The Kier molecular flexibility index (Phi) is 11.9. The minimum Gasteiger partial charge on any atom is -0.389 e. The molecule has 0 radical (unpaired) electrons. The summed E-state index contributed by atoms with van der Waals surface area (Å²) in [7, 11) is 0. The van der Waals surface area contributed by atoms with Crippen LogP contribution in [0.5, 0.6) is 0 Å². The summed E-state index contributed by atoms with van der Waals surface area (Å²) < 4.78 is 12.2. The lowest BCUT2D eigenvalue weighted by molar-refractivity contribution is -0.286. The van der Waals surface area contributed by atoms with Gasteiger partial charge in [0.05, 0.1) is 24.4 Å². The van der Waals surface area contributed by atoms with E-state index in [9.17, 15) is 15.0 Å². The van der Waals surface area contributed by atoms with E-state index >= 15 is 0 Å². The molecule has 7 nitrogen and oxygen atoms in total. The Labute approximate surface area is 194 Å². The lowest BCUT2D eigenvalue weighted by atomic mass is 9.85. The zero-order valence-electron chi connectivity index (χ0n) is 20.7. The van der Waals surface area contributed by atoms with Crippen LogP contribution in [0.15, 0.2) is 0 Å². The minimum atomic E-state index is -1.06. The quantitative estimate of drug-likeness (QED) is 0.505. The van der Waals surface area contributed by atoms with Crippen molar-refractivity contribution >= 4 is 5.91 Å². The molecule has 2 rings (SSSR count). The van der Waals surface area contributed by atoms with E-state index in [-0.39, 0.29) is 17.9 Å². The minimum absolute atomic E-state index is 0.0506. The van der Waals surface area contributed by atoms with Gasteiger partial charge in [-0.3, -0.25) is 4.79 Å². The number of hydrogen-bond acceptors (Lipinski definition) is 6. The highest BCUT2D eigenvalue weighted by Crippen LogP contribution is 2.31. The standard InChI is InChI=1S/C25H48N2O5/c1-5-17-10-8-11-19(7-3)24(30)27-15-9-12-18(6-2)20(14-13-17)32-25-23(29)21(26)22(28)16(4)31-25/h16-23,25,28-29H,5-15,26H2,1-4H3,(H,27,30)/t16-,17-,18-,19-,20+,21-,22-,23-,25-/m1/s1. The molecule has 5 N–H and O–H groups in total. The number of ether oxygens (including phenoxy) is 2. The number of carbonyl (C=O) groups excluding carboxylic acids is 1. The van der Waals surface area contributed by atoms with Gasteiger partial charge >= 0.3 is 0 Å². The fourth-order valence-electron chi connectivity index (χ4n) is 5.27. The molecule has 0 aromatic rings. The van der Waals surface area contributed by atoms with Gasteiger partial charge in [-0.05, 0) is 57.3 Å². The third-order valence-corrected chi connectivity index (χ3v) is 7.77. The number of carbonyl (C=O) groups is 1. The highest BCUT2D eigenvalue weighted by molar-refractivity contribution is 5.78. The molecule has 0 aromatic carbocycles. The van der Waals surface area contributed by atoms with Crippen molar-refractivity contribution in [2.24, 2.45) is 23.5 Å². The van der Waals surface area contributed by atoms with E-state index in [2.05, 4.69) is 26.1 Å². The van der Waals surface area contributed by atoms with Crippen LogP contribution in [0, 0.1) is 17.8 Å². The van der Waals surface area contributed by atoms with E-state index in [4.69, 9.17) is 15.2 Å². The summed E-state index contributed by atoms with van der Waals surface area (Å²) in [6.07, 6.45) is 6.63. The van der Waals surface area contributed by atoms with Crippen molar-refractivity contribution in [3.05, 3.63) is 0 Å². The maximum absolute atomic E-state index is 12.6. The lowest BCUT2D eigenvalue weighted by Gasteiger charge is -2.42. The first-order valence-corrected chi connectivity index (χ1v) is 13.0. The van der Waals surface area contributed by atoms with Gasteiger partial charge in [-0.25, -0.2) is 0 Å². The highest BCUT2D eigenvalue weighted by atomic mass is 16.7. The van der Waals surface area contributed by atoms with Gasteiger partial charge in [0.25, 0.3) is 0 Å². The lowest BCUT2D eigenvalue weighted by Crippen LogP contribution is -2.61. The summed E-state index contributed by atoms with van der Waals surface area (Å²) in [6.45, 7) is 8.96. The van der Waals surface area contributed by atoms with Crippen molar-refractivity contribution in [1.29, 1.82) is 0 Å². The van der Waals surface area contributed by atoms with E-state index in [0.717, 1.165) is 64.2 Å². The number of rotatable bonds is 5. The highest BCUT2D eigenvalue weighted by Gasteiger charge is 2.42. The molecule has 0 saturated carbocycles. The van der Waals surface area contributed by atoms with Crippen LogP contribution < -0.4 is 11.1 Å². The van der Waals surface area contributed by atoms with Gasteiger partial charge in [0.2, 0.25) is 5.91 Å². The Morgan fingerprint density at radius 1 is 1.00 bits per heavy atom. The van der Waals surface area contributed by atoms with E-state index in [0.29, 0.717) is 18.4 Å². The van der Waals surface area contributed by atoms with Crippen LogP contribution in [0.25, 0.3) is 0 Å². The Morgan fingerprint density at radius 3 is 2.41 bits per heavy atom. The first kappa shape index (κ1) is 27.5. The molecule has 0 bridgehead atoms. The average Bonchev–Trinajstić information content (AvgIpc) is 2.79. The van der Waals surface area contributed by atoms with Crippen LogP contribution >= 0.6 is 0 Å². The summed E-state index contributed by atoms with van der Waals surface area (Å²) in [6, 6.07) is -0.785. The van der Waals surface area contributed by atoms with Gasteiger partial charge in [-0.1, -0.05) is 46.5 Å². The summed E-state index contributed by atoms with van der Waals surface area (Å²) in [4.78, 5) is 12.6. The molecule has 2 aliphatic heterocycles. The molecule has 1 amide bonds. The SMILES string of the molecule is CC[C@@H]1CCC[C@@H](CC)C(=O)NCCC[C@@H](CC)[C@@H](O[C@H]2O[C@H](C)[C@@H](O)[C@@H](N)[C@H]2O)CC1. The molecule has 7 heteroatoms. The first-order chi connectivity index (χ1) is 15.3. The number of aliphatic hydroxyl groups is 2. The number of amides is 1. The van der Waals surface area contributed by atoms with E-state index < -0.39 is 30.6 Å². The molecule has 2 saturated heterocycles. The Balaban J connectivity index is 2.11. The number of hydrogen-bond donors (Lipinski definition) is 4. The molecule has 2 aliphatic rings. The molecule has 2 fully saturated rings. The third kappa shape index (κ3) is 7.66. The zero-order valence-corrected chi connectivity index (χ0v) is 20.7. The predicted octanol–water partition coefficient (Wildman–Crippen LogP) is 3.10. The van der Waals surface area contributed by atoms with Gasteiger partial charge in [-0.15, -0.1) is 0 Å². The normalized spacial score (nSPS) is 41.0. The average molecular weight is 457 g/mol. The van der Waals surface area contributed by atoms with Gasteiger partial charge in [0.15, 0.2) is 6.29 Å². The molecule has 9 atom stereocenters. The summed E-state index contributed by atoms with van der Waals surface area (Å²) in [5.74, 6) is 1.23. The monoisotopic (exact) mass is 456 g/mol. The van der Waals surface area contributed by atoms with Gasteiger partial charge in [0, 0.05) is 12.5 Å². The number of aliphatic hydroxyl groups excluding tert-OH is 2. The van der Waals surface area contributed by atoms with Crippen LogP contribution in [0.2, 0.25) is 0 Å². The second kappa shape index (κ2) is 13.9. The molecular formula is C25H48N2O5. The summed E-state index contributed by atoms with van der Waals surface area (Å²) in [5, 5.41) is 23.8. The molecule has 0 aliphatic carbocycles. The van der Waals surface area contributed by atoms with E-state index in [1.165, 1.54) is 0 Å². The largest absolute Gasteiger partial charge is 0.389 e. The van der Waals surface area contributed by atoms with Crippen molar-refractivity contribution in [3.8, 4) is 0 Å². The molecule has 0 unspecified atom stereocenters. The van der Waals surface area contributed by atoms with Crippen LogP contribution in [0.4, 0.5) is 0 Å². The topological polar surface area (TPSA) is 114 Å². The van der Waals surface area contributed by atoms with E-state index in [1.54, 1.807) is 6.92 Å². The Morgan fingerprint density at radius 2 is 1.75 bits per heavy atom. The molecular weight excluding hydrogens is 408 g/mol. The fraction of sp³-hybridized carbons (Fsp3) is 0.960. The van der Waals surface area contributed by atoms with Gasteiger partial charge in [0.1, 0.15) is 6.10 Å². The fourth-order valence-corrected chi connectivity index (χ4v) is 5.27.